The summed E-state index contributed by atoms with van der Waals surface area (Å²) in [5, 5.41) is 12.8. The second kappa shape index (κ2) is 6.85. The van der Waals surface area contributed by atoms with Gasteiger partial charge in [0.25, 0.3) is 0 Å². The summed E-state index contributed by atoms with van der Waals surface area (Å²) < 4.78 is 0. The number of hydrogen-bond donors (Lipinski definition) is 1. The van der Waals surface area contributed by atoms with Gasteiger partial charge in [-0.2, -0.15) is 0 Å². The molecule has 0 bridgehead atoms. The Hall–Kier alpha value is -2.65. The molecule has 0 aromatic heterocycles. The number of nitrogens with zero attached hydrogens (tertiary/aromatic N) is 1. The van der Waals surface area contributed by atoms with Crippen molar-refractivity contribution in [3.05, 3.63) is 78.4 Å². The smallest absolute Gasteiger partial charge is 0.232 e. The molecular formula is C21H21NO2. The Morgan fingerprint density at radius 2 is 1.54 bits per heavy atom. The highest BCUT2D eigenvalue weighted by Gasteiger charge is 2.26. The van der Waals surface area contributed by atoms with Gasteiger partial charge < -0.3 is 10.0 Å². The number of hydrogen-bond acceptors (Lipinski definition) is 2. The molecule has 0 saturated heterocycles. The number of fused-ring (bicyclic) bond motifs is 1. The van der Waals surface area contributed by atoms with E-state index in [0.717, 1.165) is 22.0 Å². The largest absolute Gasteiger partial charge is 0.388 e. The van der Waals surface area contributed by atoms with Crippen molar-refractivity contribution in [2.45, 2.75) is 13.0 Å². The van der Waals surface area contributed by atoms with Crippen LogP contribution in [0.1, 0.15) is 18.6 Å². The molecule has 3 aromatic carbocycles. The summed E-state index contributed by atoms with van der Waals surface area (Å²) in [4.78, 5) is 14.3. The van der Waals surface area contributed by atoms with Gasteiger partial charge in [0.05, 0.1) is 12.0 Å². The maximum absolute atomic E-state index is 12.7. The number of aliphatic hydroxyl groups excluding tert-OH is 1. The van der Waals surface area contributed by atoms with Crippen molar-refractivity contribution in [2.75, 3.05) is 11.9 Å². The van der Waals surface area contributed by atoms with E-state index in [1.54, 1.807) is 18.9 Å². The number of carbonyl (C=O) groups excluding carboxylic acids is 1. The highest BCUT2D eigenvalue weighted by atomic mass is 16.3. The number of carbonyl (C=O) groups is 1. The van der Waals surface area contributed by atoms with Crippen molar-refractivity contribution in [2.24, 2.45) is 5.92 Å². The minimum absolute atomic E-state index is 0.109. The van der Waals surface area contributed by atoms with Crippen LogP contribution in [0.3, 0.4) is 0 Å². The van der Waals surface area contributed by atoms with Crippen LogP contribution in [0.5, 0.6) is 0 Å². The minimum atomic E-state index is -0.840. The van der Waals surface area contributed by atoms with Crippen LogP contribution in [-0.2, 0) is 4.79 Å². The topological polar surface area (TPSA) is 40.5 Å². The lowest BCUT2D eigenvalue weighted by molar-refractivity contribution is -0.125. The highest BCUT2D eigenvalue weighted by molar-refractivity contribution is 5.94. The third kappa shape index (κ3) is 3.17. The van der Waals surface area contributed by atoms with E-state index in [2.05, 4.69) is 0 Å². The number of anilines is 1. The van der Waals surface area contributed by atoms with E-state index in [0.29, 0.717) is 0 Å². The Morgan fingerprint density at radius 1 is 0.917 bits per heavy atom. The van der Waals surface area contributed by atoms with E-state index in [1.165, 1.54) is 0 Å². The second-order valence-corrected chi connectivity index (χ2v) is 6.07. The molecule has 3 rings (SSSR count). The maximum Gasteiger partial charge on any atom is 0.232 e. The molecule has 0 aliphatic heterocycles. The first-order chi connectivity index (χ1) is 11.6. The zero-order valence-electron chi connectivity index (χ0n) is 13.9. The van der Waals surface area contributed by atoms with Gasteiger partial charge in [0.15, 0.2) is 0 Å². The Kier molecular flexibility index (Phi) is 4.63. The molecule has 2 atom stereocenters. The van der Waals surface area contributed by atoms with Crippen molar-refractivity contribution in [3.63, 3.8) is 0 Å². The van der Waals surface area contributed by atoms with Gasteiger partial charge in [-0.3, -0.25) is 4.79 Å². The van der Waals surface area contributed by atoms with Gasteiger partial charge in [-0.15, -0.1) is 0 Å². The summed E-state index contributed by atoms with van der Waals surface area (Å²) in [7, 11) is 1.74. The van der Waals surface area contributed by atoms with Crippen molar-refractivity contribution in [1.82, 2.24) is 0 Å². The third-order valence-electron chi connectivity index (χ3n) is 4.45. The van der Waals surface area contributed by atoms with E-state index in [-0.39, 0.29) is 5.91 Å². The molecule has 0 aliphatic rings. The van der Waals surface area contributed by atoms with Crippen molar-refractivity contribution < 1.29 is 9.90 Å². The summed E-state index contributed by atoms with van der Waals surface area (Å²) in [6.07, 6.45) is -0.840. The Labute approximate surface area is 142 Å². The third-order valence-corrected chi connectivity index (χ3v) is 4.45. The molecule has 0 unspecified atom stereocenters. The number of para-hydroxylation sites is 1. The molecule has 0 spiro atoms. The fourth-order valence-electron chi connectivity index (χ4n) is 2.90. The molecule has 0 saturated carbocycles. The lowest BCUT2D eigenvalue weighted by Crippen LogP contribution is -2.34. The Bertz CT molecular complexity index is 845. The standard InChI is InChI=1S/C21H21NO2/c1-15(21(24)22(2)19-10-4-3-5-11-19)20(23)18-13-12-16-8-6-7-9-17(16)14-18/h3-15,20,23H,1-2H3/t15-,20+/m0/s1. The molecule has 0 fully saturated rings. The zero-order valence-corrected chi connectivity index (χ0v) is 13.9. The average molecular weight is 319 g/mol. The number of amides is 1. The fourth-order valence-corrected chi connectivity index (χ4v) is 2.90. The number of aliphatic hydroxyl groups is 1. The summed E-state index contributed by atoms with van der Waals surface area (Å²) >= 11 is 0. The summed E-state index contributed by atoms with van der Waals surface area (Å²) in [5.41, 5.74) is 1.58. The molecule has 0 aliphatic carbocycles. The molecule has 1 amide bonds. The SMILES string of the molecule is C[C@H](C(=O)N(C)c1ccccc1)[C@@H](O)c1ccc2ccccc2c1. The monoisotopic (exact) mass is 319 g/mol. The fraction of sp³-hybridized carbons (Fsp3) is 0.190. The second-order valence-electron chi connectivity index (χ2n) is 6.07. The van der Waals surface area contributed by atoms with Crippen LogP contribution in [0.4, 0.5) is 5.69 Å². The minimum Gasteiger partial charge on any atom is -0.388 e. The van der Waals surface area contributed by atoms with Crippen molar-refractivity contribution in [1.29, 1.82) is 0 Å². The van der Waals surface area contributed by atoms with Gasteiger partial charge in [-0.25, -0.2) is 0 Å². The van der Waals surface area contributed by atoms with E-state index in [1.807, 2.05) is 72.8 Å². The molecule has 3 nitrogen and oxygen atoms in total. The zero-order chi connectivity index (χ0) is 17.1. The number of benzene rings is 3. The normalized spacial score (nSPS) is 13.5. The van der Waals surface area contributed by atoms with E-state index in [9.17, 15) is 9.90 Å². The lowest BCUT2D eigenvalue weighted by Gasteiger charge is -2.25. The van der Waals surface area contributed by atoms with Crippen molar-refractivity contribution >= 4 is 22.4 Å². The van der Waals surface area contributed by atoms with Gasteiger partial charge in [0, 0.05) is 12.7 Å². The lowest BCUT2D eigenvalue weighted by atomic mass is 9.94. The van der Waals surface area contributed by atoms with Crippen molar-refractivity contribution in [3.8, 4) is 0 Å². The molecule has 122 valence electrons. The molecule has 1 N–H and O–H groups in total. The predicted molar refractivity (Wildman–Crippen MR) is 97.9 cm³/mol. The Balaban J connectivity index is 1.82. The van der Waals surface area contributed by atoms with Crippen LogP contribution >= 0.6 is 0 Å². The molecular weight excluding hydrogens is 298 g/mol. The molecule has 3 heteroatoms. The van der Waals surface area contributed by atoms with E-state index < -0.39 is 12.0 Å². The Morgan fingerprint density at radius 3 is 2.25 bits per heavy atom. The summed E-state index contributed by atoms with van der Waals surface area (Å²) in [5.74, 6) is -0.641. The average Bonchev–Trinajstić information content (AvgIpc) is 2.66. The molecule has 3 aromatic rings. The summed E-state index contributed by atoms with van der Waals surface area (Å²) in [6, 6.07) is 23.3. The number of rotatable bonds is 4. The van der Waals surface area contributed by atoms with Crippen LogP contribution < -0.4 is 4.90 Å². The first-order valence-electron chi connectivity index (χ1n) is 8.07. The van der Waals surface area contributed by atoms with E-state index in [4.69, 9.17) is 0 Å². The van der Waals surface area contributed by atoms with Crippen LogP contribution in [0.15, 0.2) is 72.8 Å². The molecule has 0 heterocycles. The first-order valence-corrected chi connectivity index (χ1v) is 8.07. The van der Waals surface area contributed by atoms with Gasteiger partial charge in [-0.1, -0.05) is 61.5 Å². The molecule has 0 radical (unpaired) electrons. The van der Waals surface area contributed by atoms with E-state index >= 15 is 0 Å². The van der Waals surface area contributed by atoms with Gasteiger partial charge in [0.2, 0.25) is 5.91 Å². The highest BCUT2D eigenvalue weighted by Crippen LogP contribution is 2.27. The quantitative estimate of drug-likeness (QED) is 0.784. The molecule has 24 heavy (non-hydrogen) atoms. The van der Waals surface area contributed by atoms with Crippen LogP contribution in [0.25, 0.3) is 10.8 Å². The maximum atomic E-state index is 12.7. The van der Waals surface area contributed by atoms with Gasteiger partial charge in [-0.05, 0) is 34.5 Å². The first kappa shape index (κ1) is 16.2. The van der Waals surface area contributed by atoms with Crippen LogP contribution in [0, 0.1) is 5.92 Å². The summed E-state index contributed by atoms with van der Waals surface area (Å²) in [6.45, 7) is 1.77. The van der Waals surface area contributed by atoms with Gasteiger partial charge >= 0.3 is 0 Å². The van der Waals surface area contributed by atoms with Gasteiger partial charge in [0.1, 0.15) is 0 Å². The van der Waals surface area contributed by atoms with Crippen LogP contribution in [0.2, 0.25) is 0 Å². The predicted octanol–water partition coefficient (Wildman–Crippen LogP) is 4.17. The van der Waals surface area contributed by atoms with Crippen LogP contribution in [-0.4, -0.2) is 18.1 Å².